The first-order valence-electron chi connectivity index (χ1n) is 16.5. The van der Waals surface area contributed by atoms with Crippen LogP contribution in [0.5, 0.6) is 0 Å². The molecule has 0 atom stereocenters. The molecular weight excluding hydrogens is 540 g/mol. The van der Waals surface area contributed by atoms with Crippen LogP contribution in [0.4, 0.5) is 21.0 Å². The first-order chi connectivity index (χ1) is 21.0. The molecular formula is C35H56N4O4. The molecule has 0 heterocycles. The highest BCUT2D eigenvalue weighted by molar-refractivity contribution is 5.90. The van der Waals surface area contributed by atoms with E-state index < -0.39 is 0 Å². The number of nitrogens with zero attached hydrogens (tertiary/aromatic N) is 2. The van der Waals surface area contributed by atoms with Crippen LogP contribution in [-0.4, -0.2) is 71.5 Å². The van der Waals surface area contributed by atoms with Crippen LogP contribution in [0, 0.1) is 0 Å². The average Bonchev–Trinajstić information content (AvgIpc) is 3.01. The fraction of sp³-hybridized carbons (Fsp3) is 0.600. The Bertz CT molecular complexity index is 932. The molecule has 2 rings (SSSR count). The number of hydrogen-bond acceptors (Lipinski definition) is 4. The molecule has 0 saturated heterocycles. The lowest BCUT2D eigenvalue weighted by Gasteiger charge is -2.22. The Kier molecular flexibility index (Phi) is 18.8. The van der Waals surface area contributed by atoms with Crippen molar-refractivity contribution in [3.63, 3.8) is 0 Å². The molecule has 0 fully saturated rings. The minimum atomic E-state index is -0.183. The van der Waals surface area contributed by atoms with Gasteiger partial charge in [-0.25, -0.2) is 9.59 Å². The molecule has 240 valence electrons. The Labute approximate surface area is 259 Å². The van der Waals surface area contributed by atoms with Gasteiger partial charge in [-0.2, -0.15) is 0 Å². The first kappa shape index (κ1) is 36.1. The molecule has 4 amide bonds. The highest BCUT2D eigenvalue weighted by Gasteiger charge is 2.14. The van der Waals surface area contributed by atoms with Crippen molar-refractivity contribution in [2.75, 3.05) is 50.0 Å². The monoisotopic (exact) mass is 596 g/mol. The zero-order chi connectivity index (χ0) is 31.1. The summed E-state index contributed by atoms with van der Waals surface area (Å²) in [7, 11) is 0. The van der Waals surface area contributed by atoms with Gasteiger partial charge in [-0.1, -0.05) is 102 Å². The fourth-order valence-electron chi connectivity index (χ4n) is 5.09. The van der Waals surface area contributed by atoms with Crippen LogP contribution in [0.2, 0.25) is 0 Å². The van der Waals surface area contributed by atoms with Gasteiger partial charge < -0.3 is 30.6 Å². The summed E-state index contributed by atoms with van der Waals surface area (Å²) in [5.74, 6) is 0. The number of aliphatic hydroxyl groups is 2. The van der Waals surface area contributed by atoms with Gasteiger partial charge in [0.05, 0.1) is 13.2 Å². The summed E-state index contributed by atoms with van der Waals surface area (Å²) in [6.07, 6.45) is 14.6. The predicted molar refractivity (Wildman–Crippen MR) is 178 cm³/mol. The quantitative estimate of drug-likeness (QED) is 0.105. The zero-order valence-electron chi connectivity index (χ0n) is 26.7. The van der Waals surface area contributed by atoms with Crippen LogP contribution < -0.4 is 10.6 Å². The largest absolute Gasteiger partial charge is 0.395 e. The second kappa shape index (κ2) is 22.4. The molecule has 0 unspecified atom stereocenters. The molecule has 0 bridgehead atoms. The number of benzene rings is 2. The van der Waals surface area contributed by atoms with E-state index in [2.05, 4.69) is 24.5 Å². The van der Waals surface area contributed by atoms with Crippen LogP contribution >= 0.6 is 0 Å². The number of anilines is 2. The fourth-order valence-corrected chi connectivity index (χ4v) is 5.09. The van der Waals surface area contributed by atoms with Crippen molar-refractivity contribution < 1.29 is 19.8 Å². The van der Waals surface area contributed by atoms with Crippen LogP contribution in [-0.2, 0) is 6.42 Å². The van der Waals surface area contributed by atoms with E-state index in [-0.39, 0.29) is 25.3 Å². The van der Waals surface area contributed by atoms with E-state index in [0.29, 0.717) is 26.2 Å². The van der Waals surface area contributed by atoms with Gasteiger partial charge in [0.25, 0.3) is 0 Å². The Hall–Kier alpha value is -3.10. The van der Waals surface area contributed by atoms with E-state index in [1.165, 1.54) is 51.4 Å². The van der Waals surface area contributed by atoms with E-state index in [1.807, 2.05) is 48.5 Å². The summed E-state index contributed by atoms with van der Waals surface area (Å²) in [5, 5.41) is 24.8. The molecule has 8 heteroatoms. The predicted octanol–water partition coefficient (Wildman–Crippen LogP) is 7.65. The van der Waals surface area contributed by atoms with Crippen molar-refractivity contribution in [1.29, 1.82) is 0 Å². The highest BCUT2D eigenvalue weighted by Crippen LogP contribution is 2.17. The number of amides is 4. The van der Waals surface area contributed by atoms with Gasteiger partial charge in [0.15, 0.2) is 0 Å². The third-order valence-corrected chi connectivity index (χ3v) is 7.70. The number of urea groups is 2. The lowest BCUT2D eigenvalue weighted by molar-refractivity contribution is 0.187. The molecule has 4 N–H and O–H groups in total. The smallest absolute Gasteiger partial charge is 0.321 e. The number of rotatable bonds is 22. The molecule has 0 aliphatic heterocycles. The number of hydrogen-bond donors (Lipinski definition) is 4. The normalized spacial score (nSPS) is 10.9. The third-order valence-electron chi connectivity index (χ3n) is 7.70. The lowest BCUT2D eigenvalue weighted by Crippen LogP contribution is -2.37. The van der Waals surface area contributed by atoms with Crippen LogP contribution in [0.3, 0.4) is 0 Å². The molecule has 0 saturated carbocycles. The highest BCUT2D eigenvalue weighted by atomic mass is 16.3. The molecule has 0 aliphatic rings. The van der Waals surface area contributed by atoms with Gasteiger partial charge in [-0.15, -0.1) is 0 Å². The van der Waals surface area contributed by atoms with Crippen molar-refractivity contribution in [3.05, 3.63) is 59.7 Å². The van der Waals surface area contributed by atoms with E-state index in [1.54, 1.807) is 9.80 Å². The van der Waals surface area contributed by atoms with Crippen molar-refractivity contribution in [2.45, 2.75) is 97.3 Å². The standard InChI is InChI=1S/C35H56N4O4/c1-3-5-7-9-11-13-23-38(25-27-40)34(42)36-32-19-15-30(16-20-32)29-31-17-21-33(22-18-31)37-35(43)39(26-28-41)24-14-12-10-8-6-4-2/h15-22,40-41H,3-14,23-29H2,1-2H3,(H,36,42)(H,37,43). The number of carbonyl (C=O) groups is 2. The molecule has 43 heavy (non-hydrogen) atoms. The zero-order valence-corrected chi connectivity index (χ0v) is 26.7. The Morgan fingerprint density at radius 3 is 1.23 bits per heavy atom. The molecule has 0 aliphatic carbocycles. The SMILES string of the molecule is CCCCCCCCN(CCO)C(=O)Nc1ccc(Cc2ccc(NC(=O)N(CCO)CCCCCCCC)cc2)cc1. The van der Waals surface area contributed by atoms with Gasteiger partial charge in [-0.05, 0) is 54.7 Å². The van der Waals surface area contributed by atoms with Crippen LogP contribution in [0.1, 0.15) is 102 Å². The summed E-state index contributed by atoms with van der Waals surface area (Å²) < 4.78 is 0. The Morgan fingerprint density at radius 2 is 0.884 bits per heavy atom. The number of nitrogens with one attached hydrogen (secondary N) is 2. The summed E-state index contributed by atoms with van der Waals surface area (Å²) in [5.41, 5.74) is 3.68. The molecule has 2 aromatic rings. The van der Waals surface area contributed by atoms with E-state index in [0.717, 1.165) is 54.6 Å². The molecule has 0 radical (unpaired) electrons. The molecule has 2 aromatic carbocycles. The van der Waals surface area contributed by atoms with Gasteiger partial charge in [-0.3, -0.25) is 0 Å². The second-order valence-corrected chi connectivity index (χ2v) is 11.4. The van der Waals surface area contributed by atoms with E-state index in [9.17, 15) is 19.8 Å². The lowest BCUT2D eigenvalue weighted by atomic mass is 10.0. The Morgan fingerprint density at radius 1 is 0.535 bits per heavy atom. The maximum absolute atomic E-state index is 12.8. The van der Waals surface area contributed by atoms with Crippen molar-refractivity contribution in [3.8, 4) is 0 Å². The molecule has 0 aromatic heterocycles. The van der Waals surface area contributed by atoms with Gasteiger partial charge >= 0.3 is 12.1 Å². The summed E-state index contributed by atoms with van der Waals surface area (Å²) in [6.45, 7) is 6.24. The summed E-state index contributed by atoms with van der Waals surface area (Å²) in [4.78, 5) is 29.0. The maximum Gasteiger partial charge on any atom is 0.321 e. The molecule has 8 nitrogen and oxygen atoms in total. The van der Waals surface area contributed by atoms with Gasteiger partial charge in [0.2, 0.25) is 0 Å². The number of aliphatic hydroxyl groups excluding tert-OH is 2. The van der Waals surface area contributed by atoms with Crippen molar-refractivity contribution >= 4 is 23.4 Å². The maximum atomic E-state index is 12.8. The average molecular weight is 597 g/mol. The van der Waals surface area contributed by atoms with Gasteiger partial charge in [0, 0.05) is 37.6 Å². The Balaban J connectivity index is 1.82. The number of unbranched alkanes of at least 4 members (excludes halogenated alkanes) is 10. The van der Waals surface area contributed by atoms with Gasteiger partial charge in [0.1, 0.15) is 0 Å². The van der Waals surface area contributed by atoms with Crippen molar-refractivity contribution in [1.82, 2.24) is 9.80 Å². The van der Waals surface area contributed by atoms with Crippen LogP contribution in [0.25, 0.3) is 0 Å². The molecule has 0 spiro atoms. The van der Waals surface area contributed by atoms with E-state index >= 15 is 0 Å². The third kappa shape index (κ3) is 15.3. The number of carbonyl (C=O) groups excluding carboxylic acids is 2. The minimum Gasteiger partial charge on any atom is -0.395 e. The minimum absolute atomic E-state index is 0.0508. The van der Waals surface area contributed by atoms with Crippen molar-refractivity contribution in [2.24, 2.45) is 0 Å². The summed E-state index contributed by atoms with van der Waals surface area (Å²) in [6, 6.07) is 15.3. The van der Waals surface area contributed by atoms with E-state index in [4.69, 9.17) is 0 Å². The second-order valence-electron chi connectivity index (χ2n) is 11.4. The first-order valence-corrected chi connectivity index (χ1v) is 16.5. The summed E-state index contributed by atoms with van der Waals surface area (Å²) >= 11 is 0. The topological polar surface area (TPSA) is 105 Å². The van der Waals surface area contributed by atoms with Crippen LogP contribution in [0.15, 0.2) is 48.5 Å².